The molecule has 0 atom stereocenters. The second-order valence-electron chi connectivity index (χ2n) is 7.69. The van der Waals surface area contributed by atoms with Crippen LogP contribution in [0.4, 0.5) is 0 Å². The summed E-state index contributed by atoms with van der Waals surface area (Å²) in [6.07, 6.45) is 0. The predicted octanol–water partition coefficient (Wildman–Crippen LogP) is 5.95. The van der Waals surface area contributed by atoms with E-state index in [4.69, 9.17) is 16.6 Å². The lowest BCUT2D eigenvalue weighted by Crippen LogP contribution is -2.46. The van der Waals surface area contributed by atoms with Gasteiger partial charge in [0.15, 0.2) is 0 Å². The molecule has 3 aromatic rings. The minimum atomic E-state index is -0.324. The Kier molecular flexibility index (Phi) is 3.97. The monoisotopic (exact) mass is 427 g/mol. The summed E-state index contributed by atoms with van der Waals surface area (Å²) in [5.74, 6) is 0. The van der Waals surface area contributed by atoms with Crippen molar-refractivity contribution in [2.24, 2.45) is 4.99 Å². The van der Waals surface area contributed by atoms with Crippen molar-refractivity contribution in [2.45, 2.75) is 38.6 Å². The minimum Gasteiger partial charge on any atom is -0.275 e. The Morgan fingerprint density at radius 3 is 2.42 bits per heavy atom. The first-order chi connectivity index (χ1) is 12.2. The van der Waals surface area contributed by atoms with E-state index in [1.54, 1.807) is 0 Å². The fraction of sp³-hybridized carbons (Fsp3) is 0.286. The fourth-order valence-electron chi connectivity index (χ4n) is 3.50. The topological polar surface area (TPSA) is 38.1 Å². The standard InChI is InChI=1S/C21H19BrClN3/c1-20(2)16-13(9-7-10-14(16)22)18(24-21(20,3)4)19-17(23)12-8-5-6-11-15(12)25-26-19/h5-11H,1-4H3. The Labute approximate surface area is 166 Å². The molecule has 0 radical (unpaired) electrons. The van der Waals surface area contributed by atoms with Crippen LogP contribution in [0.3, 0.4) is 0 Å². The summed E-state index contributed by atoms with van der Waals surface area (Å²) in [5.41, 5.74) is 4.02. The molecule has 0 amide bonds. The van der Waals surface area contributed by atoms with E-state index in [0.29, 0.717) is 10.7 Å². The van der Waals surface area contributed by atoms with Crippen LogP contribution in [-0.2, 0) is 5.41 Å². The zero-order chi connectivity index (χ0) is 18.7. The number of hydrogen-bond acceptors (Lipinski definition) is 3. The van der Waals surface area contributed by atoms with Crippen LogP contribution >= 0.6 is 27.5 Å². The van der Waals surface area contributed by atoms with Crippen LogP contribution in [0, 0.1) is 0 Å². The number of hydrogen-bond donors (Lipinski definition) is 0. The van der Waals surface area contributed by atoms with Crippen molar-refractivity contribution in [3.8, 4) is 0 Å². The highest BCUT2D eigenvalue weighted by molar-refractivity contribution is 9.10. The molecule has 0 bridgehead atoms. The lowest BCUT2D eigenvalue weighted by molar-refractivity contribution is 0.302. The first-order valence-electron chi connectivity index (χ1n) is 8.54. The Balaban J connectivity index is 2.06. The highest BCUT2D eigenvalue weighted by Gasteiger charge is 2.45. The first-order valence-corrected chi connectivity index (χ1v) is 9.71. The Morgan fingerprint density at radius 1 is 0.923 bits per heavy atom. The minimum absolute atomic E-state index is 0.150. The zero-order valence-electron chi connectivity index (χ0n) is 15.1. The quantitative estimate of drug-likeness (QED) is 0.480. The summed E-state index contributed by atoms with van der Waals surface area (Å²) in [4.78, 5) is 5.10. The molecule has 26 heavy (non-hydrogen) atoms. The Bertz CT molecular complexity index is 1070. The summed E-state index contributed by atoms with van der Waals surface area (Å²) in [5, 5.41) is 10.3. The first kappa shape index (κ1) is 17.6. The molecule has 132 valence electrons. The van der Waals surface area contributed by atoms with Crippen molar-refractivity contribution >= 4 is 44.1 Å². The van der Waals surface area contributed by atoms with E-state index in [1.165, 1.54) is 5.56 Å². The van der Waals surface area contributed by atoms with Crippen LogP contribution in [0.1, 0.15) is 44.5 Å². The van der Waals surface area contributed by atoms with Gasteiger partial charge in [-0.2, -0.15) is 0 Å². The third kappa shape index (κ3) is 2.43. The molecular weight excluding hydrogens is 410 g/mol. The smallest absolute Gasteiger partial charge is 0.131 e. The van der Waals surface area contributed by atoms with E-state index in [1.807, 2.05) is 30.3 Å². The van der Waals surface area contributed by atoms with Gasteiger partial charge in [-0.15, -0.1) is 10.2 Å². The molecule has 0 unspecified atom stereocenters. The molecule has 1 aliphatic rings. The average molecular weight is 429 g/mol. The summed E-state index contributed by atoms with van der Waals surface area (Å²) >= 11 is 10.5. The fourth-order valence-corrected chi connectivity index (χ4v) is 4.64. The second-order valence-corrected chi connectivity index (χ2v) is 8.92. The normalized spacial score (nSPS) is 17.7. The van der Waals surface area contributed by atoms with E-state index >= 15 is 0 Å². The van der Waals surface area contributed by atoms with Gasteiger partial charge in [-0.25, -0.2) is 0 Å². The van der Waals surface area contributed by atoms with Gasteiger partial charge in [-0.1, -0.05) is 71.7 Å². The molecule has 2 heterocycles. The van der Waals surface area contributed by atoms with Crippen LogP contribution in [0.2, 0.25) is 5.02 Å². The third-order valence-corrected chi connectivity index (χ3v) is 6.69. The van der Waals surface area contributed by atoms with Crippen LogP contribution in [-0.4, -0.2) is 21.4 Å². The molecule has 2 aromatic carbocycles. The molecule has 0 spiro atoms. The van der Waals surface area contributed by atoms with Gasteiger partial charge in [-0.3, -0.25) is 4.99 Å². The van der Waals surface area contributed by atoms with Gasteiger partial charge in [0.05, 0.1) is 21.8 Å². The summed E-state index contributed by atoms with van der Waals surface area (Å²) < 4.78 is 1.07. The highest BCUT2D eigenvalue weighted by atomic mass is 79.9. The van der Waals surface area contributed by atoms with Crippen molar-refractivity contribution in [3.63, 3.8) is 0 Å². The molecule has 0 N–H and O–H groups in total. The van der Waals surface area contributed by atoms with E-state index in [0.717, 1.165) is 26.7 Å². The van der Waals surface area contributed by atoms with Crippen molar-refractivity contribution in [1.29, 1.82) is 0 Å². The molecule has 5 heteroatoms. The van der Waals surface area contributed by atoms with E-state index in [2.05, 4.69) is 66.0 Å². The number of aromatic nitrogens is 2. The molecular formula is C21H19BrClN3. The van der Waals surface area contributed by atoms with Crippen LogP contribution in [0.5, 0.6) is 0 Å². The van der Waals surface area contributed by atoms with Crippen molar-refractivity contribution in [2.75, 3.05) is 0 Å². The summed E-state index contributed by atoms with van der Waals surface area (Å²) in [7, 11) is 0. The molecule has 4 rings (SSSR count). The Morgan fingerprint density at radius 2 is 1.65 bits per heavy atom. The zero-order valence-corrected chi connectivity index (χ0v) is 17.5. The van der Waals surface area contributed by atoms with Crippen LogP contribution in [0.15, 0.2) is 51.9 Å². The molecule has 1 aliphatic heterocycles. The Hall–Kier alpha value is -1.78. The summed E-state index contributed by atoms with van der Waals surface area (Å²) in [6, 6.07) is 14.0. The maximum absolute atomic E-state index is 6.75. The van der Waals surface area contributed by atoms with Crippen LogP contribution < -0.4 is 0 Å². The SMILES string of the molecule is CC1(C)N=C(c2nnc3ccccc3c2Cl)c2cccc(Br)c2C1(C)C. The van der Waals surface area contributed by atoms with Gasteiger partial charge in [0.2, 0.25) is 0 Å². The lowest BCUT2D eigenvalue weighted by atomic mass is 9.66. The van der Waals surface area contributed by atoms with E-state index < -0.39 is 0 Å². The van der Waals surface area contributed by atoms with Crippen LogP contribution in [0.25, 0.3) is 10.9 Å². The number of benzene rings is 2. The van der Waals surface area contributed by atoms with Crippen molar-refractivity contribution in [3.05, 3.63) is 68.8 Å². The average Bonchev–Trinajstić information content (AvgIpc) is 2.59. The lowest BCUT2D eigenvalue weighted by Gasteiger charge is -2.44. The maximum atomic E-state index is 6.75. The predicted molar refractivity (Wildman–Crippen MR) is 111 cm³/mol. The van der Waals surface area contributed by atoms with Gasteiger partial charge in [0.1, 0.15) is 5.69 Å². The van der Waals surface area contributed by atoms with Crippen molar-refractivity contribution < 1.29 is 0 Å². The largest absolute Gasteiger partial charge is 0.275 e. The number of nitrogens with zero attached hydrogens (tertiary/aromatic N) is 3. The molecule has 1 aromatic heterocycles. The van der Waals surface area contributed by atoms with Gasteiger partial charge >= 0.3 is 0 Å². The summed E-state index contributed by atoms with van der Waals surface area (Å²) in [6.45, 7) is 8.75. The van der Waals surface area contributed by atoms with Crippen molar-refractivity contribution in [1.82, 2.24) is 10.2 Å². The maximum Gasteiger partial charge on any atom is 0.131 e. The molecule has 3 nitrogen and oxygen atoms in total. The van der Waals surface area contributed by atoms with E-state index in [-0.39, 0.29) is 11.0 Å². The molecule has 0 saturated heterocycles. The molecule has 0 aliphatic carbocycles. The highest BCUT2D eigenvalue weighted by Crippen LogP contribution is 2.47. The van der Waals surface area contributed by atoms with Gasteiger partial charge in [0, 0.05) is 20.8 Å². The third-order valence-electron chi connectivity index (χ3n) is 5.65. The number of rotatable bonds is 1. The number of aliphatic imine (C=N–C) groups is 1. The second kappa shape index (κ2) is 5.86. The number of halogens is 2. The van der Waals surface area contributed by atoms with E-state index in [9.17, 15) is 0 Å². The molecule has 0 saturated carbocycles. The van der Waals surface area contributed by atoms with Gasteiger partial charge in [0.25, 0.3) is 0 Å². The van der Waals surface area contributed by atoms with Gasteiger partial charge < -0.3 is 0 Å². The number of fused-ring (bicyclic) bond motifs is 2. The van der Waals surface area contributed by atoms with Gasteiger partial charge in [-0.05, 0) is 31.5 Å². The molecule has 0 fully saturated rings.